The summed E-state index contributed by atoms with van der Waals surface area (Å²) in [4.78, 5) is 10.3. The highest BCUT2D eigenvalue weighted by atomic mass is 79.9. The second kappa shape index (κ2) is 6.87. The Kier molecular flexibility index (Phi) is 5.40. The number of halogens is 2. The van der Waals surface area contributed by atoms with Crippen molar-refractivity contribution in [2.75, 3.05) is 6.54 Å². The lowest BCUT2D eigenvalue weighted by atomic mass is 9.89. The SMILES string of the molecule is CCCNC1CC(Oc2c(Br)cc([N+](=O)[O-])cc2Br)C1. The smallest absolute Gasteiger partial charge is 0.271 e. The number of ether oxygens (including phenoxy) is 1. The van der Waals surface area contributed by atoms with E-state index < -0.39 is 4.92 Å². The van der Waals surface area contributed by atoms with Gasteiger partial charge in [0.2, 0.25) is 0 Å². The van der Waals surface area contributed by atoms with Gasteiger partial charge in [0.25, 0.3) is 5.69 Å². The molecule has 0 spiro atoms. The fourth-order valence-electron chi connectivity index (χ4n) is 2.11. The minimum absolute atomic E-state index is 0.0344. The van der Waals surface area contributed by atoms with E-state index in [-0.39, 0.29) is 11.8 Å². The number of nitrogens with one attached hydrogen (secondary N) is 1. The van der Waals surface area contributed by atoms with Crippen LogP contribution in [0.5, 0.6) is 5.75 Å². The van der Waals surface area contributed by atoms with Crippen LogP contribution in [0, 0.1) is 10.1 Å². The van der Waals surface area contributed by atoms with Crippen LogP contribution in [0.1, 0.15) is 26.2 Å². The fourth-order valence-corrected chi connectivity index (χ4v) is 3.46. The fraction of sp³-hybridized carbons (Fsp3) is 0.538. The third-order valence-corrected chi connectivity index (χ3v) is 4.43. The third-order valence-electron chi connectivity index (χ3n) is 3.26. The zero-order valence-electron chi connectivity index (χ0n) is 11.1. The molecule has 0 amide bonds. The molecule has 0 heterocycles. The molecule has 0 aliphatic heterocycles. The predicted octanol–water partition coefficient (Wildman–Crippen LogP) is 4.03. The van der Waals surface area contributed by atoms with E-state index in [1.807, 2.05) is 0 Å². The predicted molar refractivity (Wildman–Crippen MR) is 84.2 cm³/mol. The molecule has 1 fully saturated rings. The average Bonchev–Trinajstić information content (AvgIpc) is 2.34. The van der Waals surface area contributed by atoms with Gasteiger partial charge in [-0.05, 0) is 57.7 Å². The van der Waals surface area contributed by atoms with Crippen molar-refractivity contribution in [2.45, 2.75) is 38.3 Å². The quantitative estimate of drug-likeness (QED) is 0.571. The minimum atomic E-state index is -0.423. The molecule has 0 atom stereocenters. The van der Waals surface area contributed by atoms with E-state index in [4.69, 9.17) is 4.74 Å². The van der Waals surface area contributed by atoms with Gasteiger partial charge in [-0.2, -0.15) is 0 Å². The molecule has 7 heteroatoms. The van der Waals surface area contributed by atoms with Crippen molar-refractivity contribution in [1.29, 1.82) is 0 Å². The first-order valence-electron chi connectivity index (χ1n) is 6.54. The number of nitro benzene ring substituents is 1. The van der Waals surface area contributed by atoms with Crippen molar-refractivity contribution >= 4 is 37.5 Å². The maximum Gasteiger partial charge on any atom is 0.271 e. The first-order chi connectivity index (χ1) is 9.51. The molecule has 1 aromatic rings. The van der Waals surface area contributed by atoms with Crippen LogP contribution in [0.3, 0.4) is 0 Å². The van der Waals surface area contributed by atoms with Crippen molar-refractivity contribution < 1.29 is 9.66 Å². The van der Waals surface area contributed by atoms with E-state index in [1.165, 1.54) is 12.1 Å². The van der Waals surface area contributed by atoms with Crippen molar-refractivity contribution in [1.82, 2.24) is 5.32 Å². The summed E-state index contributed by atoms with van der Waals surface area (Å²) in [7, 11) is 0. The Balaban J connectivity index is 1.96. The van der Waals surface area contributed by atoms with Crippen LogP contribution in [0.25, 0.3) is 0 Å². The van der Waals surface area contributed by atoms with Gasteiger partial charge < -0.3 is 10.1 Å². The molecule has 0 saturated heterocycles. The van der Waals surface area contributed by atoms with Gasteiger partial charge in [0.1, 0.15) is 11.9 Å². The summed E-state index contributed by atoms with van der Waals surface area (Å²) >= 11 is 6.66. The van der Waals surface area contributed by atoms with Crippen molar-refractivity contribution in [2.24, 2.45) is 0 Å². The van der Waals surface area contributed by atoms with Gasteiger partial charge in [0.15, 0.2) is 0 Å². The van der Waals surface area contributed by atoms with Crippen LogP contribution in [0.15, 0.2) is 21.1 Å². The van der Waals surface area contributed by atoms with Crippen molar-refractivity contribution in [3.05, 3.63) is 31.2 Å². The number of hydrogen-bond acceptors (Lipinski definition) is 4. The van der Waals surface area contributed by atoms with Crippen LogP contribution in [0.2, 0.25) is 0 Å². The van der Waals surface area contributed by atoms with Gasteiger partial charge in [0, 0.05) is 18.2 Å². The number of benzene rings is 1. The number of hydrogen-bond donors (Lipinski definition) is 1. The van der Waals surface area contributed by atoms with E-state index in [0.717, 1.165) is 25.8 Å². The molecule has 2 rings (SSSR count). The summed E-state index contributed by atoms with van der Waals surface area (Å²) in [6.07, 6.45) is 3.23. The summed E-state index contributed by atoms with van der Waals surface area (Å²) in [6.45, 7) is 3.17. The first-order valence-corrected chi connectivity index (χ1v) is 8.13. The third kappa shape index (κ3) is 3.71. The minimum Gasteiger partial charge on any atom is -0.488 e. The number of nitrogens with zero attached hydrogens (tertiary/aromatic N) is 1. The van der Waals surface area contributed by atoms with Crippen molar-refractivity contribution in [3.8, 4) is 5.75 Å². The monoisotopic (exact) mass is 406 g/mol. The van der Waals surface area contributed by atoms with E-state index >= 15 is 0 Å². The molecule has 1 aromatic carbocycles. The van der Waals surface area contributed by atoms with E-state index in [2.05, 4.69) is 44.1 Å². The maximum absolute atomic E-state index is 10.8. The van der Waals surface area contributed by atoms with Gasteiger partial charge >= 0.3 is 0 Å². The normalized spacial score (nSPS) is 21.4. The molecule has 0 aromatic heterocycles. The first kappa shape index (κ1) is 15.7. The highest BCUT2D eigenvalue weighted by Crippen LogP contribution is 2.39. The van der Waals surface area contributed by atoms with E-state index in [0.29, 0.717) is 20.7 Å². The lowest BCUT2D eigenvalue weighted by Gasteiger charge is -2.36. The molecule has 1 aliphatic carbocycles. The summed E-state index contributed by atoms with van der Waals surface area (Å²) in [6, 6.07) is 3.45. The zero-order valence-corrected chi connectivity index (χ0v) is 14.2. The highest BCUT2D eigenvalue weighted by molar-refractivity contribution is 9.11. The zero-order chi connectivity index (χ0) is 14.7. The van der Waals surface area contributed by atoms with Gasteiger partial charge in [-0.3, -0.25) is 10.1 Å². The molecular weight excluding hydrogens is 392 g/mol. The molecule has 0 radical (unpaired) electrons. The van der Waals surface area contributed by atoms with Gasteiger partial charge in [-0.25, -0.2) is 0 Å². The van der Waals surface area contributed by atoms with Crippen molar-refractivity contribution in [3.63, 3.8) is 0 Å². The lowest BCUT2D eigenvalue weighted by molar-refractivity contribution is -0.385. The summed E-state index contributed by atoms with van der Waals surface area (Å²) in [5.74, 6) is 0.634. The Bertz CT molecular complexity index is 481. The molecule has 1 N–H and O–H groups in total. The van der Waals surface area contributed by atoms with Crippen LogP contribution in [-0.2, 0) is 0 Å². The molecule has 1 aliphatic rings. The Hall–Kier alpha value is -0.660. The summed E-state index contributed by atoms with van der Waals surface area (Å²) in [5, 5.41) is 14.2. The van der Waals surface area contributed by atoms with Crippen LogP contribution >= 0.6 is 31.9 Å². The largest absolute Gasteiger partial charge is 0.488 e. The van der Waals surface area contributed by atoms with E-state index in [9.17, 15) is 10.1 Å². The van der Waals surface area contributed by atoms with Gasteiger partial charge in [-0.15, -0.1) is 0 Å². The lowest BCUT2D eigenvalue weighted by Crippen LogP contribution is -2.47. The average molecular weight is 408 g/mol. The Morgan fingerprint density at radius 1 is 1.40 bits per heavy atom. The van der Waals surface area contributed by atoms with Gasteiger partial charge in [0.05, 0.1) is 13.9 Å². The van der Waals surface area contributed by atoms with Crippen LogP contribution in [-0.4, -0.2) is 23.6 Å². The van der Waals surface area contributed by atoms with Crippen LogP contribution in [0.4, 0.5) is 5.69 Å². The Morgan fingerprint density at radius 2 is 2.00 bits per heavy atom. The number of rotatable bonds is 6. The number of non-ortho nitro benzene ring substituents is 1. The molecule has 1 saturated carbocycles. The molecule has 110 valence electrons. The number of nitro groups is 1. The standard InChI is InChI=1S/C13H16Br2N2O3/c1-2-3-16-8-4-10(5-8)20-13-11(14)6-9(17(18)19)7-12(13)15/h6-8,10,16H,2-5H2,1H3. The summed E-state index contributed by atoms with van der Waals surface area (Å²) in [5.41, 5.74) is 0.0344. The molecular formula is C13H16Br2N2O3. The Morgan fingerprint density at radius 3 is 2.50 bits per heavy atom. The topological polar surface area (TPSA) is 64.4 Å². The maximum atomic E-state index is 10.8. The van der Waals surface area contributed by atoms with Crippen LogP contribution < -0.4 is 10.1 Å². The second-order valence-corrected chi connectivity index (χ2v) is 6.57. The Labute approximate surface area is 134 Å². The van der Waals surface area contributed by atoms with Gasteiger partial charge in [-0.1, -0.05) is 6.92 Å². The second-order valence-electron chi connectivity index (χ2n) is 4.86. The molecule has 5 nitrogen and oxygen atoms in total. The highest BCUT2D eigenvalue weighted by Gasteiger charge is 2.31. The molecule has 0 unspecified atom stereocenters. The van der Waals surface area contributed by atoms with E-state index in [1.54, 1.807) is 0 Å². The molecule has 0 bridgehead atoms. The molecule has 20 heavy (non-hydrogen) atoms. The summed E-state index contributed by atoms with van der Waals surface area (Å²) < 4.78 is 7.10.